The van der Waals surface area contributed by atoms with Crippen molar-refractivity contribution < 1.29 is 0 Å². The van der Waals surface area contributed by atoms with Crippen molar-refractivity contribution >= 4 is 29.0 Å². The molecular weight excluding hydrogens is 212 g/mol. The predicted octanol–water partition coefficient (Wildman–Crippen LogP) is 1.88. The van der Waals surface area contributed by atoms with Crippen LogP contribution in [-0.4, -0.2) is 40.5 Å². The Morgan fingerprint density at radius 2 is 2.43 bits per heavy atom. The fraction of sp³-hybridized carbons (Fsp3) is 0.900. The summed E-state index contributed by atoms with van der Waals surface area (Å²) in [4.78, 5) is 3.20. The molecule has 0 aliphatic carbocycles. The number of thiocarbonyl (C=S) groups is 1. The number of thioether (sulfide) groups is 1. The summed E-state index contributed by atoms with van der Waals surface area (Å²) < 4.78 is 0. The SMILES string of the molecule is CCC1CN(CCCC(N)=S)CCS1. The van der Waals surface area contributed by atoms with Crippen molar-refractivity contribution in [1.29, 1.82) is 0 Å². The molecule has 0 amide bonds. The lowest BCUT2D eigenvalue weighted by Gasteiger charge is -2.31. The van der Waals surface area contributed by atoms with Crippen molar-refractivity contribution in [2.45, 2.75) is 31.4 Å². The minimum absolute atomic E-state index is 0.656. The fourth-order valence-electron chi connectivity index (χ4n) is 1.71. The van der Waals surface area contributed by atoms with Crippen LogP contribution in [0.25, 0.3) is 0 Å². The first-order chi connectivity index (χ1) is 6.72. The molecule has 1 atom stereocenters. The van der Waals surface area contributed by atoms with Crippen LogP contribution < -0.4 is 5.73 Å². The van der Waals surface area contributed by atoms with Crippen molar-refractivity contribution in [3.63, 3.8) is 0 Å². The van der Waals surface area contributed by atoms with E-state index < -0.39 is 0 Å². The Labute approximate surface area is 96.6 Å². The second-order valence-electron chi connectivity index (χ2n) is 3.77. The molecule has 1 aliphatic rings. The van der Waals surface area contributed by atoms with Gasteiger partial charge in [-0.05, 0) is 25.8 Å². The number of rotatable bonds is 5. The lowest BCUT2D eigenvalue weighted by molar-refractivity contribution is 0.279. The topological polar surface area (TPSA) is 29.3 Å². The first kappa shape index (κ1) is 12.3. The molecule has 1 heterocycles. The van der Waals surface area contributed by atoms with Gasteiger partial charge in [0.15, 0.2) is 0 Å². The van der Waals surface area contributed by atoms with Gasteiger partial charge in [0.25, 0.3) is 0 Å². The van der Waals surface area contributed by atoms with Gasteiger partial charge in [-0.2, -0.15) is 11.8 Å². The Balaban J connectivity index is 2.14. The van der Waals surface area contributed by atoms with Gasteiger partial charge >= 0.3 is 0 Å². The highest BCUT2D eigenvalue weighted by Gasteiger charge is 2.17. The molecule has 0 radical (unpaired) electrons. The van der Waals surface area contributed by atoms with Crippen molar-refractivity contribution in [1.82, 2.24) is 4.90 Å². The Morgan fingerprint density at radius 3 is 3.07 bits per heavy atom. The van der Waals surface area contributed by atoms with Crippen LogP contribution >= 0.6 is 24.0 Å². The summed E-state index contributed by atoms with van der Waals surface area (Å²) in [6.07, 6.45) is 3.31. The van der Waals surface area contributed by atoms with E-state index in [1.165, 1.54) is 25.3 Å². The van der Waals surface area contributed by atoms with Gasteiger partial charge in [-0.3, -0.25) is 0 Å². The quantitative estimate of drug-likeness (QED) is 0.733. The monoisotopic (exact) mass is 232 g/mol. The van der Waals surface area contributed by atoms with E-state index in [1.807, 2.05) is 0 Å². The lowest BCUT2D eigenvalue weighted by Crippen LogP contribution is -2.38. The summed E-state index contributed by atoms with van der Waals surface area (Å²) in [6.45, 7) is 5.92. The van der Waals surface area contributed by atoms with Crippen LogP contribution in [0.2, 0.25) is 0 Å². The predicted molar refractivity (Wildman–Crippen MR) is 69.0 cm³/mol. The zero-order chi connectivity index (χ0) is 10.4. The first-order valence-corrected chi connectivity index (χ1v) is 6.80. The molecule has 82 valence electrons. The number of hydrogen-bond acceptors (Lipinski definition) is 3. The molecular formula is C10H20N2S2. The van der Waals surface area contributed by atoms with Gasteiger partial charge in [-0.25, -0.2) is 0 Å². The van der Waals surface area contributed by atoms with Crippen LogP contribution in [0, 0.1) is 0 Å². The Bertz CT molecular complexity index is 185. The molecule has 14 heavy (non-hydrogen) atoms. The number of hydrogen-bond donors (Lipinski definition) is 1. The summed E-state index contributed by atoms with van der Waals surface area (Å²) in [6, 6.07) is 0. The third-order valence-electron chi connectivity index (χ3n) is 2.58. The van der Waals surface area contributed by atoms with Gasteiger partial charge in [0, 0.05) is 24.1 Å². The third-order valence-corrected chi connectivity index (χ3v) is 4.15. The van der Waals surface area contributed by atoms with Crippen molar-refractivity contribution in [3.8, 4) is 0 Å². The highest BCUT2D eigenvalue weighted by molar-refractivity contribution is 8.00. The third kappa shape index (κ3) is 4.62. The molecule has 2 N–H and O–H groups in total. The molecule has 0 aromatic carbocycles. The smallest absolute Gasteiger partial charge is 0.0727 e. The summed E-state index contributed by atoms with van der Waals surface area (Å²) in [5.74, 6) is 1.28. The van der Waals surface area contributed by atoms with Crippen LogP contribution in [-0.2, 0) is 0 Å². The van der Waals surface area contributed by atoms with Crippen LogP contribution in [0.15, 0.2) is 0 Å². The zero-order valence-electron chi connectivity index (χ0n) is 8.87. The molecule has 0 spiro atoms. The molecule has 0 aromatic heterocycles. The van der Waals surface area contributed by atoms with Gasteiger partial charge in [0.05, 0.1) is 4.99 Å². The molecule has 1 aliphatic heterocycles. The van der Waals surface area contributed by atoms with Crippen molar-refractivity contribution in [2.24, 2.45) is 5.73 Å². The molecule has 1 saturated heterocycles. The maximum Gasteiger partial charge on any atom is 0.0727 e. The molecule has 1 rings (SSSR count). The Kier molecular flexibility index (Phi) is 5.82. The molecule has 1 unspecified atom stereocenters. The van der Waals surface area contributed by atoms with Crippen LogP contribution in [0.4, 0.5) is 0 Å². The fourth-order valence-corrected chi connectivity index (χ4v) is 3.10. The normalized spacial score (nSPS) is 23.6. The minimum atomic E-state index is 0.656. The largest absolute Gasteiger partial charge is 0.393 e. The van der Waals surface area contributed by atoms with E-state index in [-0.39, 0.29) is 0 Å². The lowest BCUT2D eigenvalue weighted by atomic mass is 10.2. The van der Waals surface area contributed by atoms with E-state index in [0.717, 1.165) is 24.6 Å². The number of nitrogens with zero attached hydrogens (tertiary/aromatic N) is 1. The van der Waals surface area contributed by atoms with Gasteiger partial charge in [0.2, 0.25) is 0 Å². The van der Waals surface area contributed by atoms with Crippen LogP contribution in [0.5, 0.6) is 0 Å². The van der Waals surface area contributed by atoms with Crippen LogP contribution in [0.3, 0.4) is 0 Å². The van der Waals surface area contributed by atoms with E-state index in [4.69, 9.17) is 18.0 Å². The second-order valence-corrected chi connectivity index (χ2v) is 5.70. The maximum atomic E-state index is 5.47. The maximum absolute atomic E-state index is 5.47. The van der Waals surface area contributed by atoms with Gasteiger partial charge in [-0.1, -0.05) is 19.1 Å². The Morgan fingerprint density at radius 1 is 1.64 bits per heavy atom. The summed E-state index contributed by atoms with van der Waals surface area (Å²) in [5.41, 5.74) is 5.47. The van der Waals surface area contributed by atoms with Gasteiger partial charge in [-0.15, -0.1) is 0 Å². The average Bonchev–Trinajstić information content (AvgIpc) is 2.18. The minimum Gasteiger partial charge on any atom is -0.393 e. The van der Waals surface area contributed by atoms with E-state index in [9.17, 15) is 0 Å². The summed E-state index contributed by atoms with van der Waals surface area (Å²) in [5, 5.41) is 0.841. The van der Waals surface area contributed by atoms with E-state index in [1.54, 1.807) is 0 Å². The van der Waals surface area contributed by atoms with E-state index >= 15 is 0 Å². The second kappa shape index (κ2) is 6.64. The summed E-state index contributed by atoms with van der Waals surface area (Å²) in [7, 11) is 0. The van der Waals surface area contributed by atoms with E-state index in [0.29, 0.717) is 4.99 Å². The van der Waals surface area contributed by atoms with E-state index in [2.05, 4.69) is 23.6 Å². The van der Waals surface area contributed by atoms with Gasteiger partial charge < -0.3 is 10.6 Å². The highest BCUT2D eigenvalue weighted by Crippen LogP contribution is 2.21. The molecule has 1 fully saturated rings. The molecule has 4 heteroatoms. The van der Waals surface area contributed by atoms with Crippen molar-refractivity contribution in [2.75, 3.05) is 25.4 Å². The molecule has 2 nitrogen and oxygen atoms in total. The molecule has 0 aromatic rings. The van der Waals surface area contributed by atoms with Crippen LogP contribution in [0.1, 0.15) is 26.2 Å². The highest BCUT2D eigenvalue weighted by atomic mass is 32.2. The van der Waals surface area contributed by atoms with Gasteiger partial charge in [0.1, 0.15) is 0 Å². The van der Waals surface area contributed by atoms with Crippen molar-refractivity contribution in [3.05, 3.63) is 0 Å². The summed E-state index contributed by atoms with van der Waals surface area (Å²) >= 11 is 6.98. The first-order valence-electron chi connectivity index (χ1n) is 5.34. The standard InChI is InChI=1S/C10H20N2S2/c1-2-9-8-12(6-7-14-9)5-3-4-10(11)13/h9H,2-8H2,1H3,(H2,11,13). The Hall–Kier alpha value is 0.200. The zero-order valence-corrected chi connectivity index (χ0v) is 10.5. The molecule has 0 saturated carbocycles. The molecule has 0 bridgehead atoms. The average molecular weight is 232 g/mol. The number of nitrogens with two attached hydrogens (primary N) is 1.